The fourth-order valence-corrected chi connectivity index (χ4v) is 2.66. The maximum atomic E-state index is 6.19. The van der Waals surface area contributed by atoms with E-state index in [1.54, 1.807) is 12.3 Å². The van der Waals surface area contributed by atoms with Crippen LogP contribution in [0.3, 0.4) is 0 Å². The predicted octanol–water partition coefficient (Wildman–Crippen LogP) is 5.27. The van der Waals surface area contributed by atoms with Gasteiger partial charge in [-0.05, 0) is 34.5 Å². The number of aromatic nitrogens is 1. The molecule has 5 heteroatoms. The Hall–Kier alpha value is -0.0200. The van der Waals surface area contributed by atoms with Crippen LogP contribution in [0.2, 0.25) is 15.1 Å². The van der Waals surface area contributed by atoms with Crippen molar-refractivity contribution in [2.45, 2.75) is 6.92 Å². The zero-order valence-electron chi connectivity index (χ0n) is 7.61. The summed E-state index contributed by atoms with van der Waals surface area (Å²) in [5.74, 6) is 0. The van der Waals surface area contributed by atoms with Crippen LogP contribution in [0.15, 0.2) is 16.7 Å². The molecule has 0 radical (unpaired) electrons. The van der Waals surface area contributed by atoms with Gasteiger partial charge in [-0.3, -0.25) is 4.98 Å². The van der Waals surface area contributed by atoms with Gasteiger partial charge in [0.1, 0.15) is 0 Å². The summed E-state index contributed by atoms with van der Waals surface area (Å²) in [4.78, 5) is 4.16. The molecule has 1 aromatic heterocycles. The molecule has 1 aromatic carbocycles. The van der Waals surface area contributed by atoms with Gasteiger partial charge >= 0.3 is 0 Å². The van der Waals surface area contributed by atoms with Gasteiger partial charge in [-0.15, -0.1) is 0 Å². The van der Waals surface area contributed by atoms with Crippen LogP contribution < -0.4 is 0 Å². The van der Waals surface area contributed by atoms with Gasteiger partial charge in [0, 0.05) is 16.1 Å². The molecule has 0 N–H and O–H groups in total. The Balaban J connectivity index is 3.04. The average Bonchev–Trinajstić information content (AvgIpc) is 2.19. The van der Waals surface area contributed by atoms with Crippen molar-refractivity contribution in [2.75, 3.05) is 0 Å². The normalized spacial score (nSPS) is 11.0. The van der Waals surface area contributed by atoms with Crippen LogP contribution in [-0.2, 0) is 0 Å². The first-order valence-electron chi connectivity index (χ1n) is 4.10. The van der Waals surface area contributed by atoms with Gasteiger partial charge in [-0.2, -0.15) is 0 Å². The predicted molar refractivity (Wildman–Crippen MR) is 69.2 cm³/mol. The number of hydrogen-bond donors (Lipinski definition) is 0. The zero-order chi connectivity index (χ0) is 11.2. The maximum Gasteiger partial charge on any atom is 0.0915 e. The van der Waals surface area contributed by atoms with Crippen molar-refractivity contribution in [1.82, 2.24) is 4.98 Å². The number of halogens is 4. The smallest absolute Gasteiger partial charge is 0.0915 e. The highest BCUT2D eigenvalue weighted by molar-refractivity contribution is 9.10. The fraction of sp³-hybridized carbons (Fsp3) is 0.100. The van der Waals surface area contributed by atoms with Crippen LogP contribution in [0.5, 0.6) is 0 Å². The van der Waals surface area contributed by atoms with E-state index >= 15 is 0 Å². The largest absolute Gasteiger partial charge is 0.253 e. The van der Waals surface area contributed by atoms with E-state index in [1.165, 1.54) is 0 Å². The Morgan fingerprint density at radius 1 is 1.20 bits per heavy atom. The van der Waals surface area contributed by atoms with Gasteiger partial charge in [-0.1, -0.05) is 34.8 Å². The highest BCUT2D eigenvalue weighted by Crippen LogP contribution is 2.38. The quantitative estimate of drug-likeness (QED) is 0.643. The Bertz CT molecular complexity index is 546. The van der Waals surface area contributed by atoms with Crippen LogP contribution in [0.25, 0.3) is 10.9 Å². The van der Waals surface area contributed by atoms with Crippen molar-refractivity contribution in [3.63, 3.8) is 0 Å². The minimum atomic E-state index is 0.520. The molecule has 0 fully saturated rings. The molecule has 0 saturated heterocycles. The molecule has 2 aromatic rings. The minimum Gasteiger partial charge on any atom is -0.253 e. The molecular weight excluding hydrogens is 320 g/mol. The van der Waals surface area contributed by atoms with Gasteiger partial charge < -0.3 is 0 Å². The Morgan fingerprint density at radius 2 is 1.87 bits per heavy atom. The second-order valence-electron chi connectivity index (χ2n) is 3.13. The SMILES string of the molecule is Cc1cc(Cl)c2ncc(Cl)c(Br)c2c1Cl. The lowest BCUT2D eigenvalue weighted by Crippen LogP contribution is -1.87. The molecule has 0 spiro atoms. The van der Waals surface area contributed by atoms with Gasteiger partial charge in [0.25, 0.3) is 0 Å². The maximum absolute atomic E-state index is 6.19. The second-order valence-corrected chi connectivity index (χ2v) is 5.12. The van der Waals surface area contributed by atoms with Crippen molar-refractivity contribution < 1.29 is 0 Å². The van der Waals surface area contributed by atoms with Gasteiger partial charge in [0.15, 0.2) is 0 Å². The fourth-order valence-electron chi connectivity index (χ4n) is 1.37. The third-order valence-corrected chi connectivity index (χ3v) is 4.22. The number of rotatable bonds is 0. The van der Waals surface area contributed by atoms with Crippen LogP contribution in [0, 0.1) is 6.92 Å². The van der Waals surface area contributed by atoms with Crippen LogP contribution >= 0.6 is 50.7 Å². The molecule has 0 atom stereocenters. The molecule has 0 bridgehead atoms. The van der Waals surface area contributed by atoms with Gasteiger partial charge in [0.05, 0.1) is 20.6 Å². The standard InChI is InChI=1S/C10H5BrCl3N/c1-4-2-5(12)10-7(9(4)14)8(11)6(13)3-15-10/h2-3H,1H3. The van der Waals surface area contributed by atoms with Gasteiger partial charge in [-0.25, -0.2) is 0 Å². The molecule has 0 saturated carbocycles. The lowest BCUT2D eigenvalue weighted by Gasteiger charge is -2.08. The van der Waals surface area contributed by atoms with Crippen molar-refractivity contribution in [2.24, 2.45) is 0 Å². The number of fused-ring (bicyclic) bond motifs is 1. The third-order valence-electron chi connectivity index (χ3n) is 2.11. The Morgan fingerprint density at radius 3 is 2.53 bits per heavy atom. The Labute approximate surface area is 110 Å². The van der Waals surface area contributed by atoms with E-state index in [4.69, 9.17) is 34.8 Å². The first-order chi connectivity index (χ1) is 7.02. The molecule has 2 rings (SSSR count). The second kappa shape index (κ2) is 4.10. The average molecular weight is 325 g/mol. The first-order valence-corrected chi connectivity index (χ1v) is 6.03. The summed E-state index contributed by atoms with van der Waals surface area (Å²) < 4.78 is 0.727. The molecule has 0 aliphatic carbocycles. The van der Waals surface area contributed by atoms with E-state index in [0.717, 1.165) is 15.4 Å². The van der Waals surface area contributed by atoms with Crippen LogP contribution in [0.1, 0.15) is 5.56 Å². The lowest BCUT2D eigenvalue weighted by molar-refractivity contribution is 1.38. The van der Waals surface area contributed by atoms with Crippen molar-refractivity contribution >= 4 is 61.6 Å². The molecule has 0 unspecified atom stereocenters. The summed E-state index contributed by atoms with van der Waals surface area (Å²) in [5, 5.41) is 2.47. The summed E-state index contributed by atoms with van der Waals surface area (Å²) in [6.45, 7) is 1.89. The monoisotopic (exact) mass is 323 g/mol. The number of hydrogen-bond acceptors (Lipinski definition) is 1. The first kappa shape index (κ1) is 11.5. The van der Waals surface area contributed by atoms with E-state index in [0.29, 0.717) is 20.6 Å². The highest BCUT2D eigenvalue weighted by Gasteiger charge is 2.13. The Kier molecular flexibility index (Phi) is 3.13. The number of aryl methyl sites for hydroxylation is 1. The number of benzene rings is 1. The molecule has 0 amide bonds. The van der Waals surface area contributed by atoms with Crippen molar-refractivity contribution in [3.05, 3.63) is 37.4 Å². The van der Waals surface area contributed by atoms with E-state index in [-0.39, 0.29) is 0 Å². The summed E-state index contributed by atoms with van der Waals surface area (Å²) in [7, 11) is 0. The van der Waals surface area contributed by atoms with E-state index in [9.17, 15) is 0 Å². The van der Waals surface area contributed by atoms with E-state index < -0.39 is 0 Å². The zero-order valence-corrected chi connectivity index (χ0v) is 11.5. The van der Waals surface area contributed by atoms with Crippen LogP contribution in [-0.4, -0.2) is 4.98 Å². The molecule has 0 aliphatic heterocycles. The highest BCUT2D eigenvalue weighted by atomic mass is 79.9. The molecule has 1 nitrogen and oxygen atoms in total. The van der Waals surface area contributed by atoms with Gasteiger partial charge in [0.2, 0.25) is 0 Å². The summed E-state index contributed by atoms with van der Waals surface area (Å²) >= 11 is 21.6. The number of nitrogens with zero attached hydrogens (tertiary/aromatic N) is 1. The van der Waals surface area contributed by atoms with Crippen molar-refractivity contribution in [1.29, 1.82) is 0 Å². The third kappa shape index (κ3) is 1.84. The number of pyridine rings is 1. The van der Waals surface area contributed by atoms with Crippen LogP contribution in [0.4, 0.5) is 0 Å². The van der Waals surface area contributed by atoms with Crippen molar-refractivity contribution in [3.8, 4) is 0 Å². The summed E-state index contributed by atoms with van der Waals surface area (Å²) in [6, 6.07) is 1.79. The summed E-state index contributed by atoms with van der Waals surface area (Å²) in [5.41, 5.74) is 1.56. The molecule has 0 aliphatic rings. The summed E-state index contributed by atoms with van der Waals surface area (Å²) in [6.07, 6.45) is 1.55. The molecule has 15 heavy (non-hydrogen) atoms. The van der Waals surface area contributed by atoms with E-state index in [1.807, 2.05) is 6.92 Å². The molecule has 78 valence electrons. The molecule has 1 heterocycles. The minimum absolute atomic E-state index is 0.520. The molecular formula is C10H5BrCl3N. The lowest BCUT2D eigenvalue weighted by atomic mass is 10.1. The van der Waals surface area contributed by atoms with E-state index in [2.05, 4.69) is 20.9 Å². The topological polar surface area (TPSA) is 12.9 Å².